The highest BCUT2D eigenvalue weighted by Gasteiger charge is 2.14. The van der Waals surface area contributed by atoms with Crippen LogP contribution in [0.15, 0.2) is 91.8 Å². The molecule has 0 aliphatic rings. The van der Waals surface area contributed by atoms with Crippen molar-refractivity contribution in [1.29, 1.82) is 0 Å². The van der Waals surface area contributed by atoms with Crippen LogP contribution in [-0.4, -0.2) is 25.9 Å². The highest BCUT2D eigenvalue weighted by Crippen LogP contribution is 2.25. The van der Waals surface area contributed by atoms with Gasteiger partial charge in [0.2, 0.25) is 5.82 Å². The van der Waals surface area contributed by atoms with Crippen LogP contribution in [0.1, 0.15) is 5.56 Å². The molecule has 0 spiro atoms. The van der Waals surface area contributed by atoms with Crippen molar-refractivity contribution in [1.82, 2.24) is 19.7 Å². The van der Waals surface area contributed by atoms with Crippen LogP contribution in [0.3, 0.4) is 0 Å². The Hall–Kier alpha value is -3.91. The third-order valence-electron chi connectivity index (χ3n) is 5.19. The zero-order valence-electron chi connectivity index (χ0n) is 17.1. The van der Waals surface area contributed by atoms with Gasteiger partial charge >= 0.3 is 5.69 Å². The van der Waals surface area contributed by atoms with Gasteiger partial charge in [-0.25, -0.2) is 4.79 Å². The van der Waals surface area contributed by atoms with E-state index in [0.717, 1.165) is 16.0 Å². The number of thioether (sulfide) groups is 1. The lowest BCUT2D eigenvalue weighted by molar-refractivity contribution is 0.432. The van der Waals surface area contributed by atoms with Crippen LogP contribution in [0, 0.1) is 0 Å². The Morgan fingerprint density at radius 2 is 1.72 bits per heavy atom. The smallest absolute Gasteiger partial charge is 0.329 e. The lowest BCUT2D eigenvalue weighted by Gasteiger charge is -2.07. The van der Waals surface area contributed by atoms with Crippen LogP contribution in [0.5, 0.6) is 0 Å². The molecule has 5 aromatic rings. The van der Waals surface area contributed by atoms with Crippen LogP contribution in [0.25, 0.3) is 33.7 Å². The Balaban J connectivity index is 1.50. The molecule has 0 saturated carbocycles. The first kappa shape index (κ1) is 20.0. The molecule has 0 radical (unpaired) electrons. The van der Waals surface area contributed by atoms with Crippen molar-refractivity contribution in [2.45, 2.75) is 11.4 Å². The number of benzene rings is 3. The fourth-order valence-corrected chi connectivity index (χ4v) is 3.90. The lowest BCUT2D eigenvalue weighted by Crippen LogP contribution is -2.35. The molecule has 0 aliphatic heterocycles. The predicted octanol–water partition coefficient (Wildman–Crippen LogP) is 4.18. The third-order valence-corrected chi connectivity index (χ3v) is 5.93. The minimum atomic E-state index is -0.469. The number of hydrogen-bond acceptors (Lipinski definition) is 6. The van der Waals surface area contributed by atoms with Crippen molar-refractivity contribution < 1.29 is 4.52 Å². The topological polar surface area (TPSA) is 93.8 Å². The molecule has 3 aromatic carbocycles. The molecule has 0 unspecified atom stereocenters. The Morgan fingerprint density at radius 3 is 2.47 bits per heavy atom. The molecule has 5 rings (SSSR count). The summed E-state index contributed by atoms with van der Waals surface area (Å²) in [5.41, 5.74) is 1.94. The van der Waals surface area contributed by atoms with E-state index in [0.29, 0.717) is 28.2 Å². The van der Waals surface area contributed by atoms with Crippen LogP contribution >= 0.6 is 11.8 Å². The Kier molecular flexibility index (Phi) is 5.20. The predicted molar refractivity (Wildman–Crippen MR) is 125 cm³/mol. The SMILES string of the molecule is CSc1ccc(-c2noc(-c3ccc4c(=O)n(Cc5ccccc5)c(=O)[nH]c4c3)n2)cc1. The first-order valence-electron chi connectivity index (χ1n) is 9.92. The van der Waals surface area contributed by atoms with Crippen LogP contribution in [-0.2, 0) is 6.54 Å². The molecule has 1 N–H and O–H groups in total. The van der Waals surface area contributed by atoms with Gasteiger partial charge in [0.1, 0.15) is 0 Å². The summed E-state index contributed by atoms with van der Waals surface area (Å²) in [5, 5.41) is 4.48. The third kappa shape index (κ3) is 3.76. The molecule has 32 heavy (non-hydrogen) atoms. The van der Waals surface area contributed by atoms with Crippen molar-refractivity contribution >= 4 is 22.7 Å². The van der Waals surface area contributed by atoms with E-state index in [1.54, 1.807) is 30.0 Å². The molecule has 7 nitrogen and oxygen atoms in total. The van der Waals surface area contributed by atoms with Gasteiger partial charge in [0.15, 0.2) is 0 Å². The second kappa shape index (κ2) is 8.32. The maximum absolute atomic E-state index is 12.9. The van der Waals surface area contributed by atoms with E-state index in [2.05, 4.69) is 15.1 Å². The van der Waals surface area contributed by atoms with Crippen LogP contribution < -0.4 is 11.2 Å². The fourth-order valence-electron chi connectivity index (χ4n) is 3.50. The molecule has 0 aliphatic carbocycles. The van der Waals surface area contributed by atoms with E-state index in [4.69, 9.17) is 4.52 Å². The van der Waals surface area contributed by atoms with Gasteiger partial charge in [-0.2, -0.15) is 4.98 Å². The second-order valence-electron chi connectivity index (χ2n) is 7.22. The Bertz CT molecular complexity index is 1520. The van der Waals surface area contributed by atoms with Gasteiger partial charge in [-0.15, -0.1) is 11.8 Å². The first-order chi connectivity index (χ1) is 15.6. The number of hydrogen-bond donors (Lipinski definition) is 1. The number of fused-ring (bicyclic) bond motifs is 1. The minimum absolute atomic E-state index is 0.203. The molecule has 2 heterocycles. The standard InChI is InChI=1S/C24H18N4O3S/c1-32-18-10-7-16(8-11-18)21-26-22(31-27-21)17-9-12-19-20(13-17)25-24(30)28(23(19)29)14-15-5-3-2-4-6-15/h2-13H,14H2,1H3,(H,25,30). The summed E-state index contributed by atoms with van der Waals surface area (Å²) < 4.78 is 6.63. The maximum atomic E-state index is 12.9. The van der Waals surface area contributed by atoms with Crippen LogP contribution in [0.4, 0.5) is 0 Å². The van der Waals surface area contributed by atoms with Gasteiger partial charge < -0.3 is 9.51 Å². The number of nitrogens with one attached hydrogen (secondary N) is 1. The summed E-state index contributed by atoms with van der Waals surface area (Å²) in [6, 6.07) is 22.3. The zero-order valence-corrected chi connectivity index (χ0v) is 17.9. The molecule has 0 fully saturated rings. The molecule has 0 atom stereocenters. The normalized spacial score (nSPS) is 11.2. The molecular weight excluding hydrogens is 424 g/mol. The number of aromatic nitrogens is 4. The Labute approximate surface area is 186 Å². The molecule has 8 heteroatoms. The largest absolute Gasteiger partial charge is 0.334 e. The molecule has 158 valence electrons. The summed E-state index contributed by atoms with van der Waals surface area (Å²) >= 11 is 1.66. The van der Waals surface area contributed by atoms with E-state index < -0.39 is 5.69 Å². The monoisotopic (exact) mass is 442 g/mol. The van der Waals surface area contributed by atoms with Crippen molar-refractivity contribution in [3.8, 4) is 22.8 Å². The van der Waals surface area contributed by atoms with E-state index >= 15 is 0 Å². The average molecular weight is 443 g/mol. The maximum Gasteiger partial charge on any atom is 0.329 e. The van der Waals surface area contributed by atoms with Gasteiger partial charge in [0.25, 0.3) is 11.4 Å². The summed E-state index contributed by atoms with van der Waals surface area (Å²) in [6.45, 7) is 0.203. The second-order valence-corrected chi connectivity index (χ2v) is 8.10. The number of H-pyrrole nitrogens is 1. The molecule has 2 aromatic heterocycles. The van der Waals surface area contributed by atoms with E-state index in [1.165, 1.54) is 4.57 Å². The average Bonchev–Trinajstić information content (AvgIpc) is 3.32. The van der Waals surface area contributed by atoms with Gasteiger partial charge in [0.05, 0.1) is 17.4 Å². The number of aromatic amines is 1. The lowest BCUT2D eigenvalue weighted by atomic mass is 10.1. The minimum Gasteiger partial charge on any atom is -0.334 e. The van der Waals surface area contributed by atoms with Crippen molar-refractivity contribution in [2.75, 3.05) is 6.26 Å². The highest BCUT2D eigenvalue weighted by atomic mass is 32.2. The summed E-state index contributed by atoms with van der Waals surface area (Å²) in [7, 11) is 0. The van der Waals surface area contributed by atoms with Gasteiger partial charge in [0, 0.05) is 16.0 Å². The number of rotatable bonds is 5. The van der Waals surface area contributed by atoms with Gasteiger partial charge in [-0.3, -0.25) is 9.36 Å². The summed E-state index contributed by atoms with van der Waals surface area (Å²) in [6.07, 6.45) is 2.02. The van der Waals surface area contributed by atoms with Gasteiger partial charge in [-0.05, 0) is 54.3 Å². The number of nitrogens with zero attached hydrogens (tertiary/aromatic N) is 3. The fraction of sp³-hybridized carbons (Fsp3) is 0.0833. The van der Waals surface area contributed by atoms with Crippen molar-refractivity contribution in [3.63, 3.8) is 0 Å². The van der Waals surface area contributed by atoms with Gasteiger partial charge in [-0.1, -0.05) is 35.5 Å². The van der Waals surface area contributed by atoms with E-state index in [-0.39, 0.29) is 12.1 Å². The molecule has 0 saturated heterocycles. The van der Waals surface area contributed by atoms with E-state index in [1.807, 2.05) is 60.9 Å². The highest BCUT2D eigenvalue weighted by molar-refractivity contribution is 7.98. The molecule has 0 amide bonds. The van der Waals surface area contributed by atoms with E-state index in [9.17, 15) is 9.59 Å². The summed E-state index contributed by atoms with van der Waals surface area (Å²) in [5.74, 6) is 0.782. The molecular formula is C24H18N4O3S. The molecule has 0 bridgehead atoms. The van der Waals surface area contributed by atoms with Crippen LogP contribution in [0.2, 0.25) is 0 Å². The zero-order chi connectivity index (χ0) is 22.1. The summed E-state index contributed by atoms with van der Waals surface area (Å²) in [4.78, 5) is 33.9. The quantitative estimate of drug-likeness (QED) is 0.411. The Morgan fingerprint density at radius 1 is 0.969 bits per heavy atom. The first-order valence-corrected chi connectivity index (χ1v) is 11.1. The van der Waals surface area contributed by atoms with Crippen molar-refractivity contribution in [3.05, 3.63) is 99.2 Å². The van der Waals surface area contributed by atoms with Crippen molar-refractivity contribution in [2.24, 2.45) is 0 Å².